The van der Waals surface area contributed by atoms with E-state index in [0.717, 1.165) is 35.6 Å². The monoisotopic (exact) mass is 435 g/mol. The summed E-state index contributed by atoms with van der Waals surface area (Å²) < 4.78 is 27.9. The maximum absolute atomic E-state index is 13.3. The van der Waals surface area contributed by atoms with E-state index in [1.165, 1.54) is 14.4 Å². The minimum atomic E-state index is -3.69. The summed E-state index contributed by atoms with van der Waals surface area (Å²) in [5.41, 5.74) is 4.00. The lowest BCUT2D eigenvalue weighted by molar-refractivity contribution is -0.111. The van der Waals surface area contributed by atoms with E-state index in [9.17, 15) is 13.2 Å². The molecule has 4 nitrogen and oxygen atoms in total. The van der Waals surface area contributed by atoms with Crippen LogP contribution in [0.4, 0.5) is 0 Å². The maximum atomic E-state index is 13.3. The van der Waals surface area contributed by atoms with Crippen molar-refractivity contribution in [2.24, 2.45) is 5.92 Å². The van der Waals surface area contributed by atoms with Crippen molar-refractivity contribution in [1.82, 2.24) is 3.97 Å². The van der Waals surface area contributed by atoms with Gasteiger partial charge in [-0.1, -0.05) is 29.8 Å². The van der Waals surface area contributed by atoms with Crippen LogP contribution in [0.25, 0.3) is 10.9 Å². The Labute approximate surface area is 179 Å². The number of aryl methyl sites for hydroxylation is 1. The van der Waals surface area contributed by atoms with Crippen molar-refractivity contribution in [3.8, 4) is 0 Å². The summed E-state index contributed by atoms with van der Waals surface area (Å²) in [5.74, 6) is 0.0938. The SMILES string of the molecule is Cc1ccc(S(=O)(=O)n2ccc3c([C@H]4C[C@@H](C=O)Cc5ccsc54)cccc32)cc1. The van der Waals surface area contributed by atoms with Crippen molar-refractivity contribution >= 4 is 38.5 Å². The Morgan fingerprint density at radius 3 is 2.63 bits per heavy atom. The smallest absolute Gasteiger partial charge is 0.268 e. The van der Waals surface area contributed by atoms with Crippen LogP contribution in [0.2, 0.25) is 0 Å². The van der Waals surface area contributed by atoms with Gasteiger partial charge in [-0.3, -0.25) is 0 Å². The number of aromatic nitrogens is 1. The quantitative estimate of drug-likeness (QED) is 0.417. The molecular weight excluding hydrogens is 414 g/mol. The molecule has 0 fully saturated rings. The minimum absolute atomic E-state index is 0.00858. The summed E-state index contributed by atoms with van der Waals surface area (Å²) in [4.78, 5) is 13.1. The third-order valence-electron chi connectivity index (χ3n) is 5.99. The summed E-state index contributed by atoms with van der Waals surface area (Å²) in [6, 6.07) is 16.7. The number of carbonyl (C=O) groups is 1. The molecule has 2 aromatic carbocycles. The molecule has 0 amide bonds. The zero-order chi connectivity index (χ0) is 20.9. The van der Waals surface area contributed by atoms with Gasteiger partial charge in [0.2, 0.25) is 0 Å². The van der Waals surface area contributed by atoms with Crippen LogP contribution in [0.1, 0.15) is 33.9 Å². The minimum Gasteiger partial charge on any atom is -0.303 e. The van der Waals surface area contributed by atoms with Crippen molar-refractivity contribution in [3.63, 3.8) is 0 Å². The zero-order valence-corrected chi connectivity index (χ0v) is 18.1. The average Bonchev–Trinajstić information content (AvgIpc) is 3.40. The van der Waals surface area contributed by atoms with Gasteiger partial charge >= 0.3 is 0 Å². The highest BCUT2D eigenvalue weighted by atomic mass is 32.2. The lowest BCUT2D eigenvalue weighted by Crippen LogP contribution is -2.19. The molecule has 0 N–H and O–H groups in total. The van der Waals surface area contributed by atoms with Crippen LogP contribution in [0.3, 0.4) is 0 Å². The average molecular weight is 436 g/mol. The van der Waals surface area contributed by atoms with E-state index in [1.54, 1.807) is 29.7 Å². The molecule has 4 aromatic rings. The second kappa shape index (κ2) is 7.22. The molecule has 1 aliphatic rings. The molecule has 0 unspecified atom stereocenters. The van der Waals surface area contributed by atoms with Crippen molar-refractivity contribution in [2.45, 2.75) is 30.6 Å². The van der Waals surface area contributed by atoms with E-state index in [-0.39, 0.29) is 16.7 Å². The fourth-order valence-corrected chi connectivity index (χ4v) is 6.89. The molecule has 0 aliphatic heterocycles. The summed E-state index contributed by atoms with van der Waals surface area (Å²) in [5, 5.41) is 3.00. The van der Waals surface area contributed by atoms with E-state index >= 15 is 0 Å². The van der Waals surface area contributed by atoms with Gasteiger partial charge in [0.1, 0.15) is 6.29 Å². The molecule has 2 aromatic heterocycles. The molecule has 0 bridgehead atoms. The van der Waals surface area contributed by atoms with Crippen molar-refractivity contribution in [2.75, 3.05) is 0 Å². The van der Waals surface area contributed by atoms with E-state index in [1.807, 2.05) is 37.3 Å². The molecule has 5 rings (SSSR count). The van der Waals surface area contributed by atoms with Gasteiger partial charge in [0.25, 0.3) is 10.0 Å². The molecule has 2 atom stereocenters. The maximum Gasteiger partial charge on any atom is 0.268 e. The molecular formula is C24H21NO3S2. The summed E-state index contributed by atoms with van der Waals surface area (Å²) in [6.45, 7) is 1.93. The molecule has 0 saturated heterocycles. The Morgan fingerprint density at radius 2 is 1.87 bits per heavy atom. The molecule has 152 valence electrons. The van der Waals surface area contributed by atoms with Crippen LogP contribution in [-0.4, -0.2) is 18.7 Å². The van der Waals surface area contributed by atoms with Gasteiger partial charge in [0, 0.05) is 28.3 Å². The van der Waals surface area contributed by atoms with Crippen molar-refractivity contribution in [3.05, 3.63) is 87.7 Å². The van der Waals surface area contributed by atoms with E-state index in [4.69, 9.17) is 0 Å². The van der Waals surface area contributed by atoms with E-state index in [0.29, 0.717) is 5.52 Å². The second-order valence-electron chi connectivity index (χ2n) is 7.91. The van der Waals surface area contributed by atoms with Crippen LogP contribution < -0.4 is 0 Å². The van der Waals surface area contributed by atoms with Gasteiger partial charge in [-0.2, -0.15) is 0 Å². The Hall–Kier alpha value is -2.70. The van der Waals surface area contributed by atoms with Crippen LogP contribution in [0.15, 0.2) is 71.1 Å². The van der Waals surface area contributed by atoms with E-state index < -0.39 is 10.0 Å². The van der Waals surface area contributed by atoms with Crippen LogP contribution in [0.5, 0.6) is 0 Å². The summed E-state index contributed by atoms with van der Waals surface area (Å²) >= 11 is 1.72. The normalized spacial score (nSPS) is 19.0. The van der Waals surface area contributed by atoms with Crippen LogP contribution in [-0.2, 0) is 21.2 Å². The molecule has 0 spiro atoms. The number of thiophene rings is 1. The van der Waals surface area contributed by atoms with Gasteiger partial charge in [-0.15, -0.1) is 11.3 Å². The number of benzene rings is 2. The molecule has 2 heterocycles. The number of aldehydes is 1. The summed E-state index contributed by atoms with van der Waals surface area (Å²) in [7, 11) is -3.69. The fraction of sp³-hybridized carbons (Fsp3) is 0.208. The number of rotatable bonds is 4. The first kappa shape index (κ1) is 19.3. The molecule has 0 radical (unpaired) electrons. The second-order valence-corrected chi connectivity index (χ2v) is 10.7. The van der Waals surface area contributed by atoms with Gasteiger partial charge in [-0.25, -0.2) is 12.4 Å². The highest BCUT2D eigenvalue weighted by Gasteiger charge is 2.30. The number of hydrogen-bond donors (Lipinski definition) is 0. The number of hydrogen-bond acceptors (Lipinski definition) is 4. The van der Waals surface area contributed by atoms with Crippen LogP contribution >= 0.6 is 11.3 Å². The van der Waals surface area contributed by atoms with Gasteiger partial charge < -0.3 is 4.79 Å². The predicted octanol–water partition coefficient (Wildman–Crippen LogP) is 5.14. The fourth-order valence-electron chi connectivity index (χ4n) is 4.47. The number of fused-ring (bicyclic) bond motifs is 2. The largest absolute Gasteiger partial charge is 0.303 e. The molecule has 30 heavy (non-hydrogen) atoms. The van der Waals surface area contributed by atoms with Crippen LogP contribution in [0, 0.1) is 12.8 Å². The first-order valence-corrected chi connectivity index (χ1v) is 12.2. The molecule has 1 aliphatic carbocycles. The molecule has 6 heteroatoms. The third-order valence-corrected chi connectivity index (χ3v) is 8.77. The Balaban J connectivity index is 1.65. The highest BCUT2D eigenvalue weighted by Crippen LogP contribution is 2.44. The zero-order valence-electron chi connectivity index (χ0n) is 16.5. The van der Waals surface area contributed by atoms with Gasteiger partial charge in [0.15, 0.2) is 0 Å². The standard InChI is InChI=1S/C24H21NO3S2/c1-16-5-7-19(8-6-16)30(27,28)25-11-9-21-20(3-2-4-23(21)25)22-14-17(15-26)13-18-10-12-29-24(18)22/h2-12,15,17,22H,13-14H2,1H3/t17-,22+/m0/s1. The van der Waals surface area contributed by atoms with Crippen molar-refractivity contribution in [1.29, 1.82) is 0 Å². The van der Waals surface area contributed by atoms with E-state index in [2.05, 4.69) is 17.5 Å². The predicted molar refractivity (Wildman–Crippen MR) is 120 cm³/mol. The van der Waals surface area contributed by atoms with Gasteiger partial charge in [-0.05, 0) is 66.6 Å². The lowest BCUT2D eigenvalue weighted by Gasteiger charge is -2.27. The summed E-state index contributed by atoms with van der Waals surface area (Å²) in [6.07, 6.45) is 4.24. The van der Waals surface area contributed by atoms with Gasteiger partial charge in [0.05, 0.1) is 10.4 Å². The van der Waals surface area contributed by atoms with Crippen molar-refractivity contribution < 1.29 is 13.2 Å². The number of nitrogens with zero attached hydrogens (tertiary/aromatic N) is 1. The Bertz CT molecular complexity index is 1350. The first-order valence-electron chi connectivity index (χ1n) is 9.93. The topological polar surface area (TPSA) is 56.1 Å². The Kier molecular flexibility index (Phi) is 4.64. The first-order chi connectivity index (χ1) is 14.5. The molecule has 0 saturated carbocycles. The Morgan fingerprint density at radius 1 is 1.07 bits per heavy atom. The number of carbonyl (C=O) groups excluding carboxylic acids is 1. The highest BCUT2D eigenvalue weighted by molar-refractivity contribution is 7.90. The lowest BCUT2D eigenvalue weighted by atomic mass is 9.78. The third kappa shape index (κ3) is 3.02.